The number of nitrogens with zero attached hydrogens (tertiary/aromatic N) is 5. The number of anilines is 2. The summed E-state index contributed by atoms with van der Waals surface area (Å²) in [7, 11) is 1.89. The number of piperazine rings is 1. The summed E-state index contributed by atoms with van der Waals surface area (Å²) < 4.78 is 1.84. The van der Waals surface area contributed by atoms with Crippen LogP contribution >= 0.6 is 0 Å². The van der Waals surface area contributed by atoms with Crippen LogP contribution in [0, 0.1) is 6.92 Å². The molecule has 1 fully saturated rings. The maximum atomic E-state index is 12.8. The van der Waals surface area contributed by atoms with Crippen LogP contribution in [-0.2, 0) is 7.05 Å². The minimum Gasteiger partial charge on any atom is -0.369 e. The Hall–Kier alpha value is -2.93. The van der Waals surface area contributed by atoms with Crippen LogP contribution in [0.3, 0.4) is 0 Å². The van der Waals surface area contributed by atoms with Crippen LogP contribution in [0.5, 0.6) is 0 Å². The summed E-state index contributed by atoms with van der Waals surface area (Å²) >= 11 is 0. The van der Waals surface area contributed by atoms with Gasteiger partial charge in [0, 0.05) is 56.8 Å². The number of imidazole rings is 1. The maximum Gasteiger partial charge on any atom is 0.257 e. The number of fused-ring (bicyclic) bond motifs is 1. The molecule has 0 radical (unpaired) electrons. The molecule has 3 aromatic rings. The Morgan fingerprint density at radius 1 is 1.07 bits per heavy atom. The largest absolute Gasteiger partial charge is 0.369 e. The molecule has 3 heterocycles. The zero-order valence-electron chi connectivity index (χ0n) is 17.5. The van der Waals surface area contributed by atoms with Gasteiger partial charge in [-0.05, 0) is 50.6 Å². The summed E-state index contributed by atoms with van der Waals surface area (Å²) in [6, 6.07) is 8.60. The fourth-order valence-electron chi connectivity index (χ4n) is 3.86. The van der Waals surface area contributed by atoms with Crippen LogP contribution in [0.1, 0.15) is 29.8 Å². The van der Waals surface area contributed by atoms with E-state index in [4.69, 9.17) is 0 Å². The molecule has 1 amide bonds. The summed E-state index contributed by atoms with van der Waals surface area (Å²) in [6.45, 7) is 10.7. The molecule has 1 N–H and O–H groups in total. The van der Waals surface area contributed by atoms with Crippen LogP contribution in [-0.4, -0.2) is 57.6 Å². The highest BCUT2D eigenvalue weighted by Crippen LogP contribution is 2.24. The second kappa shape index (κ2) is 7.83. The second-order valence-corrected chi connectivity index (χ2v) is 8.05. The van der Waals surface area contributed by atoms with Crippen LogP contribution in [0.4, 0.5) is 11.4 Å². The third-order valence-corrected chi connectivity index (χ3v) is 5.54. The lowest BCUT2D eigenvalue weighted by atomic mass is 10.1. The number of carbonyl (C=O) groups excluding carboxylic acids is 1. The number of nitrogens with one attached hydrogen (secondary N) is 1. The van der Waals surface area contributed by atoms with Crippen molar-refractivity contribution < 1.29 is 4.79 Å². The van der Waals surface area contributed by atoms with Gasteiger partial charge in [0.15, 0.2) is 5.65 Å². The van der Waals surface area contributed by atoms with Gasteiger partial charge in [0.1, 0.15) is 5.52 Å². The molecule has 152 valence electrons. The summed E-state index contributed by atoms with van der Waals surface area (Å²) in [5.74, 6) is -0.175. The third-order valence-electron chi connectivity index (χ3n) is 5.54. The van der Waals surface area contributed by atoms with Crippen molar-refractivity contribution in [1.82, 2.24) is 19.4 Å². The number of carbonyl (C=O) groups is 1. The molecule has 1 aromatic carbocycles. The zero-order valence-corrected chi connectivity index (χ0v) is 17.5. The molecule has 0 saturated carbocycles. The van der Waals surface area contributed by atoms with Gasteiger partial charge < -0.3 is 14.8 Å². The van der Waals surface area contributed by atoms with Crippen molar-refractivity contribution in [2.45, 2.75) is 26.8 Å². The van der Waals surface area contributed by atoms with Crippen molar-refractivity contribution in [2.75, 3.05) is 36.4 Å². The topological polar surface area (TPSA) is 66.3 Å². The second-order valence-electron chi connectivity index (χ2n) is 8.05. The average molecular weight is 393 g/mol. The Labute approximate surface area is 171 Å². The Kier molecular flexibility index (Phi) is 5.24. The highest BCUT2D eigenvalue weighted by Gasteiger charge is 2.20. The highest BCUT2D eigenvalue weighted by molar-refractivity contribution is 6.05. The van der Waals surface area contributed by atoms with Crippen molar-refractivity contribution in [1.29, 1.82) is 0 Å². The van der Waals surface area contributed by atoms with Gasteiger partial charge in [-0.15, -0.1) is 0 Å². The smallest absolute Gasteiger partial charge is 0.257 e. The maximum absolute atomic E-state index is 12.8. The standard InChI is InChI=1S/C22H28N6O/c1-15(2)27-5-7-28(8-6-27)19-10-16(3)9-18(12-19)25-22(29)17-11-20-21(23-13-17)26(4)14-24-20/h9-15H,5-8H2,1-4H3,(H,25,29). The van der Waals surface area contributed by atoms with Gasteiger partial charge in [0.05, 0.1) is 11.9 Å². The van der Waals surface area contributed by atoms with Crippen LogP contribution in [0.2, 0.25) is 0 Å². The minimum absolute atomic E-state index is 0.175. The number of hydrogen-bond acceptors (Lipinski definition) is 5. The molecule has 1 aliphatic heterocycles. The van der Waals surface area contributed by atoms with E-state index >= 15 is 0 Å². The monoisotopic (exact) mass is 392 g/mol. The molecule has 7 nitrogen and oxygen atoms in total. The van der Waals surface area contributed by atoms with E-state index < -0.39 is 0 Å². The van der Waals surface area contributed by atoms with E-state index in [1.54, 1.807) is 18.6 Å². The fourth-order valence-corrected chi connectivity index (χ4v) is 3.86. The van der Waals surface area contributed by atoms with Crippen LogP contribution < -0.4 is 10.2 Å². The molecule has 7 heteroatoms. The molecule has 0 atom stereocenters. The molecule has 29 heavy (non-hydrogen) atoms. The molecule has 4 rings (SSSR count). The Bertz CT molecular complexity index is 1030. The van der Waals surface area contributed by atoms with Crippen molar-refractivity contribution in [3.63, 3.8) is 0 Å². The van der Waals surface area contributed by atoms with E-state index in [0.29, 0.717) is 17.1 Å². The molecule has 0 bridgehead atoms. The Morgan fingerprint density at radius 2 is 1.83 bits per heavy atom. The Morgan fingerprint density at radius 3 is 2.55 bits per heavy atom. The first-order valence-corrected chi connectivity index (χ1v) is 10.1. The van der Waals surface area contributed by atoms with Crippen molar-refractivity contribution in [2.24, 2.45) is 7.05 Å². The predicted molar refractivity (Wildman–Crippen MR) is 117 cm³/mol. The van der Waals surface area contributed by atoms with Crippen molar-refractivity contribution >= 4 is 28.4 Å². The van der Waals surface area contributed by atoms with Crippen molar-refractivity contribution in [3.05, 3.63) is 47.9 Å². The first-order valence-electron chi connectivity index (χ1n) is 10.1. The van der Waals surface area contributed by atoms with E-state index in [1.807, 2.05) is 17.7 Å². The number of amides is 1. The predicted octanol–water partition coefficient (Wildman–Crippen LogP) is 3.06. The number of aromatic nitrogens is 3. The average Bonchev–Trinajstić information content (AvgIpc) is 3.08. The summed E-state index contributed by atoms with van der Waals surface area (Å²) in [5.41, 5.74) is 5.07. The molecule has 1 aliphatic rings. The molecule has 1 saturated heterocycles. The lowest BCUT2D eigenvalue weighted by Crippen LogP contribution is -2.48. The first-order chi connectivity index (χ1) is 13.9. The van der Waals surface area contributed by atoms with Crippen LogP contribution in [0.15, 0.2) is 36.8 Å². The van der Waals surface area contributed by atoms with E-state index in [-0.39, 0.29) is 5.91 Å². The first kappa shape index (κ1) is 19.4. The summed E-state index contributed by atoms with van der Waals surface area (Å²) in [4.78, 5) is 26.3. The van der Waals surface area contributed by atoms with Gasteiger partial charge in [0.25, 0.3) is 5.91 Å². The Balaban J connectivity index is 1.50. The summed E-state index contributed by atoms with van der Waals surface area (Å²) in [6.07, 6.45) is 3.30. The molecular weight excluding hydrogens is 364 g/mol. The molecule has 0 spiro atoms. The van der Waals surface area contributed by atoms with E-state index in [0.717, 1.165) is 48.8 Å². The highest BCUT2D eigenvalue weighted by atomic mass is 16.1. The van der Waals surface area contributed by atoms with Gasteiger partial charge in [0.2, 0.25) is 0 Å². The van der Waals surface area contributed by atoms with E-state index in [9.17, 15) is 4.79 Å². The van der Waals surface area contributed by atoms with Crippen molar-refractivity contribution in [3.8, 4) is 0 Å². The SMILES string of the molecule is Cc1cc(NC(=O)c2cnc3c(c2)ncn3C)cc(N2CCN(C(C)C)CC2)c1. The normalized spacial score (nSPS) is 15.3. The van der Waals surface area contributed by atoms with Crippen LogP contribution in [0.25, 0.3) is 11.2 Å². The van der Waals surface area contributed by atoms with E-state index in [1.165, 1.54) is 0 Å². The fraction of sp³-hybridized carbons (Fsp3) is 0.409. The lowest BCUT2D eigenvalue weighted by Gasteiger charge is -2.38. The number of hydrogen-bond donors (Lipinski definition) is 1. The van der Waals surface area contributed by atoms with Gasteiger partial charge in [-0.2, -0.15) is 0 Å². The number of pyridine rings is 1. The van der Waals surface area contributed by atoms with Gasteiger partial charge in [-0.25, -0.2) is 9.97 Å². The number of aryl methyl sites for hydroxylation is 2. The molecule has 0 aliphatic carbocycles. The minimum atomic E-state index is -0.175. The lowest BCUT2D eigenvalue weighted by molar-refractivity contribution is 0.102. The molecular formula is C22H28N6O. The van der Waals surface area contributed by atoms with Gasteiger partial charge in [-0.1, -0.05) is 0 Å². The molecule has 0 unspecified atom stereocenters. The number of benzene rings is 1. The summed E-state index contributed by atoms with van der Waals surface area (Å²) in [5, 5.41) is 3.03. The van der Waals surface area contributed by atoms with Gasteiger partial charge in [-0.3, -0.25) is 9.69 Å². The zero-order chi connectivity index (χ0) is 20.5. The van der Waals surface area contributed by atoms with E-state index in [2.05, 4.69) is 58.0 Å². The van der Waals surface area contributed by atoms with Gasteiger partial charge >= 0.3 is 0 Å². The third kappa shape index (κ3) is 4.10. The quantitative estimate of drug-likeness (QED) is 0.739. The molecule has 2 aromatic heterocycles. The number of rotatable bonds is 4.